The van der Waals surface area contributed by atoms with Gasteiger partial charge in [0.25, 0.3) is 5.91 Å². The molecule has 2 aromatic heterocycles. The van der Waals surface area contributed by atoms with Crippen molar-refractivity contribution in [1.29, 1.82) is 0 Å². The number of amides is 1. The Kier molecular flexibility index (Phi) is 3.48. The lowest BCUT2D eigenvalue weighted by Gasteiger charge is -2.35. The summed E-state index contributed by atoms with van der Waals surface area (Å²) in [6.45, 7) is 3.04. The van der Waals surface area contributed by atoms with Gasteiger partial charge in [-0.15, -0.1) is 0 Å². The minimum absolute atomic E-state index is 0.0140. The molecule has 2 aliphatic rings. The van der Waals surface area contributed by atoms with E-state index in [0.29, 0.717) is 24.7 Å². The molecular weight excluding hydrogens is 292 g/mol. The molecule has 1 aliphatic heterocycles. The monoisotopic (exact) mass is 312 g/mol. The third-order valence-electron chi connectivity index (χ3n) is 4.46. The van der Waals surface area contributed by atoms with Crippen molar-refractivity contribution in [2.45, 2.75) is 18.8 Å². The van der Waals surface area contributed by atoms with E-state index < -0.39 is 0 Å². The Morgan fingerprint density at radius 2 is 2.00 bits per heavy atom. The molecule has 1 saturated carbocycles. The van der Waals surface area contributed by atoms with Gasteiger partial charge in [0.15, 0.2) is 0 Å². The molecular formula is C16H20N6O. The van der Waals surface area contributed by atoms with Crippen LogP contribution < -0.4 is 4.90 Å². The summed E-state index contributed by atoms with van der Waals surface area (Å²) in [5, 5.41) is 4.20. The van der Waals surface area contributed by atoms with Crippen LogP contribution in [0.3, 0.4) is 0 Å². The van der Waals surface area contributed by atoms with Crippen molar-refractivity contribution in [1.82, 2.24) is 24.6 Å². The van der Waals surface area contributed by atoms with Gasteiger partial charge in [-0.25, -0.2) is 9.97 Å². The number of carbonyl (C=O) groups is 1. The summed E-state index contributed by atoms with van der Waals surface area (Å²) >= 11 is 0. The Hall–Kier alpha value is -2.44. The van der Waals surface area contributed by atoms with E-state index in [4.69, 9.17) is 0 Å². The van der Waals surface area contributed by atoms with Crippen LogP contribution in [-0.4, -0.2) is 56.7 Å². The van der Waals surface area contributed by atoms with Crippen LogP contribution in [0.15, 0.2) is 24.7 Å². The van der Waals surface area contributed by atoms with Gasteiger partial charge in [0.05, 0.1) is 11.9 Å². The van der Waals surface area contributed by atoms with Gasteiger partial charge in [-0.05, 0) is 18.9 Å². The molecule has 0 N–H and O–H groups in total. The van der Waals surface area contributed by atoms with Crippen molar-refractivity contribution in [3.8, 4) is 0 Å². The predicted molar refractivity (Wildman–Crippen MR) is 85.3 cm³/mol. The summed E-state index contributed by atoms with van der Waals surface area (Å²) in [5.41, 5.74) is 1.63. The standard InChI is InChI=1S/C16H20N6O/c1-20-11-13(10-18-20)21-6-8-22(9-7-21)16(23)14-4-5-17-15(19-14)12-2-3-12/h4-5,10-12H,2-3,6-9H2,1H3. The zero-order chi connectivity index (χ0) is 15.8. The molecule has 4 rings (SSSR count). The molecule has 0 atom stereocenters. The van der Waals surface area contributed by atoms with Crippen LogP contribution >= 0.6 is 0 Å². The zero-order valence-electron chi connectivity index (χ0n) is 13.2. The van der Waals surface area contributed by atoms with Gasteiger partial charge in [-0.1, -0.05) is 0 Å². The Bertz CT molecular complexity index is 715. The molecule has 2 fully saturated rings. The van der Waals surface area contributed by atoms with Gasteiger partial charge in [0.1, 0.15) is 11.5 Å². The quantitative estimate of drug-likeness (QED) is 0.847. The Labute approximate surface area is 134 Å². The lowest BCUT2D eigenvalue weighted by atomic mass is 10.2. The molecule has 1 aliphatic carbocycles. The minimum Gasteiger partial charge on any atom is -0.365 e. The number of rotatable bonds is 3. The van der Waals surface area contributed by atoms with Crippen LogP contribution in [0.4, 0.5) is 5.69 Å². The molecule has 23 heavy (non-hydrogen) atoms. The molecule has 7 heteroatoms. The normalized spacial score (nSPS) is 18.3. The summed E-state index contributed by atoms with van der Waals surface area (Å²) in [7, 11) is 1.91. The fourth-order valence-electron chi connectivity index (χ4n) is 2.93. The summed E-state index contributed by atoms with van der Waals surface area (Å²) < 4.78 is 1.80. The number of nitrogens with zero attached hydrogens (tertiary/aromatic N) is 6. The van der Waals surface area contributed by atoms with Gasteiger partial charge in [0, 0.05) is 51.5 Å². The molecule has 1 amide bonds. The van der Waals surface area contributed by atoms with Crippen molar-refractivity contribution in [3.05, 3.63) is 36.2 Å². The summed E-state index contributed by atoms with van der Waals surface area (Å²) in [5.74, 6) is 1.30. The number of hydrogen-bond donors (Lipinski definition) is 0. The third kappa shape index (κ3) is 2.91. The fraction of sp³-hybridized carbons (Fsp3) is 0.500. The van der Waals surface area contributed by atoms with Crippen LogP contribution in [0.25, 0.3) is 0 Å². The van der Waals surface area contributed by atoms with E-state index in [-0.39, 0.29) is 5.91 Å². The van der Waals surface area contributed by atoms with E-state index >= 15 is 0 Å². The highest BCUT2D eigenvalue weighted by molar-refractivity contribution is 5.92. The number of anilines is 1. The minimum atomic E-state index is 0.0140. The molecule has 0 spiro atoms. The van der Waals surface area contributed by atoms with Crippen molar-refractivity contribution >= 4 is 11.6 Å². The van der Waals surface area contributed by atoms with E-state index in [1.165, 1.54) is 0 Å². The van der Waals surface area contributed by atoms with E-state index in [0.717, 1.165) is 37.4 Å². The maximum Gasteiger partial charge on any atom is 0.272 e. The van der Waals surface area contributed by atoms with Crippen molar-refractivity contribution in [2.75, 3.05) is 31.1 Å². The Morgan fingerprint density at radius 1 is 1.22 bits per heavy atom. The second-order valence-electron chi connectivity index (χ2n) is 6.23. The highest BCUT2D eigenvalue weighted by Crippen LogP contribution is 2.37. The molecule has 0 bridgehead atoms. The first kappa shape index (κ1) is 14.2. The average molecular weight is 312 g/mol. The van der Waals surface area contributed by atoms with Crippen LogP contribution in [0.1, 0.15) is 35.1 Å². The van der Waals surface area contributed by atoms with Gasteiger partial charge < -0.3 is 9.80 Å². The van der Waals surface area contributed by atoms with E-state index in [1.54, 1.807) is 16.9 Å². The maximum absolute atomic E-state index is 12.6. The molecule has 7 nitrogen and oxygen atoms in total. The number of carbonyl (C=O) groups excluding carboxylic acids is 1. The van der Waals surface area contributed by atoms with Crippen molar-refractivity contribution < 1.29 is 4.79 Å². The molecule has 2 aromatic rings. The van der Waals surface area contributed by atoms with Gasteiger partial charge in [-0.3, -0.25) is 9.48 Å². The van der Waals surface area contributed by atoms with Gasteiger partial charge in [0.2, 0.25) is 0 Å². The first-order valence-electron chi connectivity index (χ1n) is 8.06. The van der Waals surface area contributed by atoms with Crippen LogP contribution in [0.5, 0.6) is 0 Å². The third-order valence-corrected chi connectivity index (χ3v) is 4.46. The Balaban J connectivity index is 1.41. The van der Waals surface area contributed by atoms with Gasteiger partial charge >= 0.3 is 0 Å². The van der Waals surface area contributed by atoms with Crippen LogP contribution in [-0.2, 0) is 7.05 Å². The summed E-state index contributed by atoms with van der Waals surface area (Å²) in [4.78, 5) is 25.5. The smallest absolute Gasteiger partial charge is 0.272 e. The SMILES string of the molecule is Cn1cc(N2CCN(C(=O)c3ccnc(C4CC4)n3)CC2)cn1. The predicted octanol–water partition coefficient (Wildman–Crippen LogP) is 1.05. The maximum atomic E-state index is 12.6. The van der Waals surface area contributed by atoms with E-state index in [9.17, 15) is 4.79 Å². The van der Waals surface area contributed by atoms with E-state index in [2.05, 4.69) is 20.0 Å². The second kappa shape index (κ2) is 5.64. The molecule has 0 unspecified atom stereocenters. The van der Waals surface area contributed by atoms with Crippen LogP contribution in [0.2, 0.25) is 0 Å². The fourth-order valence-corrected chi connectivity index (χ4v) is 2.93. The second-order valence-corrected chi connectivity index (χ2v) is 6.23. The lowest BCUT2D eigenvalue weighted by molar-refractivity contribution is 0.0740. The molecule has 3 heterocycles. The molecule has 1 saturated heterocycles. The average Bonchev–Trinajstić information content (AvgIpc) is 3.36. The topological polar surface area (TPSA) is 67.2 Å². The summed E-state index contributed by atoms with van der Waals surface area (Å²) in [6, 6.07) is 1.72. The summed E-state index contributed by atoms with van der Waals surface area (Å²) in [6.07, 6.45) is 7.86. The highest BCUT2D eigenvalue weighted by Gasteiger charge is 2.28. The molecule has 0 aromatic carbocycles. The lowest BCUT2D eigenvalue weighted by Crippen LogP contribution is -2.49. The number of hydrogen-bond acceptors (Lipinski definition) is 5. The van der Waals surface area contributed by atoms with Gasteiger partial charge in [-0.2, -0.15) is 5.10 Å². The first-order valence-corrected chi connectivity index (χ1v) is 8.06. The first-order chi connectivity index (χ1) is 11.2. The molecule has 120 valence electrons. The van der Waals surface area contributed by atoms with Crippen LogP contribution in [0, 0.1) is 0 Å². The Morgan fingerprint density at radius 3 is 2.65 bits per heavy atom. The largest absolute Gasteiger partial charge is 0.365 e. The highest BCUT2D eigenvalue weighted by atomic mass is 16.2. The number of piperazine rings is 1. The zero-order valence-corrected chi connectivity index (χ0v) is 13.2. The number of aryl methyl sites for hydroxylation is 1. The van der Waals surface area contributed by atoms with E-state index in [1.807, 2.05) is 24.3 Å². The number of aromatic nitrogens is 4. The van der Waals surface area contributed by atoms with Crippen molar-refractivity contribution in [3.63, 3.8) is 0 Å². The molecule has 0 radical (unpaired) electrons. The van der Waals surface area contributed by atoms with Crippen molar-refractivity contribution in [2.24, 2.45) is 7.05 Å².